The summed E-state index contributed by atoms with van der Waals surface area (Å²) in [5, 5.41) is 0. The number of nitrogens with one attached hydrogen (secondary N) is 1. The van der Waals surface area contributed by atoms with E-state index in [0.29, 0.717) is 0 Å². The van der Waals surface area contributed by atoms with E-state index in [1.165, 1.54) is 18.0 Å². The molecule has 2 rings (SSSR count). The second-order valence-corrected chi connectivity index (χ2v) is 5.53. The smallest absolute Gasteiger partial charge is 0.156 e. The Bertz CT molecular complexity index is 221. The van der Waals surface area contributed by atoms with Crippen LogP contribution in [0, 0.1) is 0 Å². The molecule has 11 heavy (non-hydrogen) atoms. The van der Waals surface area contributed by atoms with Gasteiger partial charge in [0.25, 0.3) is 0 Å². The summed E-state index contributed by atoms with van der Waals surface area (Å²) >= 11 is 2.07. The molecule has 1 aromatic carbocycles. The third-order valence-corrected chi connectivity index (χ3v) is 4.89. The van der Waals surface area contributed by atoms with Crippen LogP contribution in [0.15, 0.2) is 30.3 Å². The van der Waals surface area contributed by atoms with Crippen molar-refractivity contribution in [3.63, 3.8) is 0 Å². The molecule has 0 aromatic heterocycles. The van der Waals surface area contributed by atoms with E-state index >= 15 is 0 Å². The first kappa shape index (κ1) is 7.60. The van der Waals surface area contributed by atoms with Crippen molar-refractivity contribution < 1.29 is 4.67 Å². The molecule has 3 heteroatoms. The predicted molar refractivity (Wildman–Crippen MR) is 52.7 cm³/mol. The average molecular weight is 184 g/mol. The zero-order valence-electron chi connectivity index (χ0n) is 6.21. The van der Waals surface area contributed by atoms with Crippen LogP contribution in [-0.2, 0) is 0 Å². The van der Waals surface area contributed by atoms with E-state index in [1.807, 2.05) is 0 Å². The molecule has 2 atom stereocenters. The van der Waals surface area contributed by atoms with E-state index in [-0.39, 0.29) is 0 Å². The maximum atomic E-state index is 2.22. The van der Waals surface area contributed by atoms with Crippen LogP contribution in [0.2, 0.25) is 0 Å². The zero-order valence-corrected chi connectivity index (χ0v) is 8.03. The fourth-order valence-corrected chi connectivity index (χ4v) is 4.25. The molecule has 1 fully saturated rings. The van der Waals surface area contributed by atoms with Gasteiger partial charge in [-0.1, -0.05) is 29.6 Å². The van der Waals surface area contributed by atoms with Crippen molar-refractivity contribution in [1.82, 2.24) is 0 Å². The molecule has 1 N–H and O–H groups in total. The van der Waals surface area contributed by atoms with Crippen LogP contribution in [-0.4, -0.2) is 12.3 Å². The van der Waals surface area contributed by atoms with Gasteiger partial charge in [-0.2, -0.15) is 0 Å². The molecule has 0 amide bonds. The molecular formula is C8H11NPS+. The Morgan fingerprint density at radius 2 is 2.09 bits per heavy atom. The maximum Gasteiger partial charge on any atom is 0.156 e. The second-order valence-electron chi connectivity index (χ2n) is 2.55. The summed E-state index contributed by atoms with van der Waals surface area (Å²) in [7, 11) is 1.01. The van der Waals surface area contributed by atoms with Crippen molar-refractivity contribution in [2.45, 2.75) is 0 Å². The lowest BCUT2D eigenvalue weighted by molar-refractivity contribution is -0.677. The normalized spacial score (nSPS) is 26.0. The number of quaternary nitrogens is 1. The zero-order chi connectivity index (χ0) is 7.52. The largest absolute Gasteiger partial charge is 0.282 e. The molecule has 1 nitrogen and oxygen atoms in total. The lowest BCUT2D eigenvalue weighted by Gasteiger charge is -2.08. The minimum Gasteiger partial charge on any atom is -0.282 e. The number of benzene rings is 1. The van der Waals surface area contributed by atoms with Crippen LogP contribution in [0.4, 0.5) is 5.69 Å². The van der Waals surface area contributed by atoms with Gasteiger partial charge in [-0.05, 0) is 12.1 Å². The van der Waals surface area contributed by atoms with E-state index in [9.17, 15) is 0 Å². The van der Waals surface area contributed by atoms with E-state index in [0.717, 1.165) is 7.93 Å². The first-order valence-electron chi connectivity index (χ1n) is 3.76. The molecule has 1 aromatic rings. The highest BCUT2D eigenvalue weighted by Crippen LogP contribution is 2.27. The van der Waals surface area contributed by atoms with Crippen LogP contribution in [0.25, 0.3) is 0 Å². The van der Waals surface area contributed by atoms with Gasteiger partial charge in [-0.3, -0.25) is 4.67 Å². The first-order chi connectivity index (χ1) is 5.47. The van der Waals surface area contributed by atoms with Gasteiger partial charge in [0.1, 0.15) is 5.69 Å². The fraction of sp³-hybridized carbons (Fsp3) is 0.250. The highest BCUT2D eigenvalue weighted by atomic mass is 32.7. The van der Waals surface area contributed by atoms with Gasteiger partial charge in [0.05, 0.1) is 12.3 Å². The molecule has 1 aliphatic rings. The van der Waals surface area contributed by atoms with Crippen molar-refractivity contribution >= 4 is 25.0 Å². The van der Waals surface area contributed by atoms with Crippen molar-refractivity contribution in [3.05, 3.63) is 30.3 Å². The molecule has 1 heterocycles. The Morgan fingerprint density at radius 3 is 2.73 bits per heavy atom. The molecule has 1 saturated heterocycles. The van der Waals surface area contributed by atoms with Gasteiger partial charge < -0.3 is 0 Å². The van der Waals surface area contributed by atoms with Gasteiger partial charge in [-0.25, -0.2) is 0 Å². The summed E-state index contributed by atoms with van der Waals surface area (Å²) in [4.78, 5) is 0. The van der Waals surface area contributed by atoms with Gasteiger partial charge in [0.15, 0.2) is 7.93 Å². The molecule has 0 aliphatic carbocycles. The van der Waals surface area contributed by atoms with Crippen LogP contribution in [0.3, 0.4) is 0 Å². The Labute approximate surface area is 72.8 Å². The summed E-state index contributed by atoms with van der Waals surface area (Å²) in [5.74, 6) is 1.32. The van der Waals surface area contributed by atoms with E-state index in [1.54, 1.807) is 4.67 Å². The topological polar surface area (TPSA) is 4.44 Å². The molecule has 0 bridgehead atoms. The Hall–Kier alpha value is -0.0400. The third-order valence-electron chi connectivity index (χ3n) is 1.77. The third kappa shape index (κ3) is 1.76. The van der Waals surface area contributed by atoms with E-state index < -0.39 is 0 Å². The van der Waals surface area contributed by atoms with Crippen LogP contribution in [0.1, 0.15) is 0 Å². The summed E-state index contributed by atoms with van der Waals surface area (Å²) in [5.41, 5.74) is 1.45. The Balaban J connectivity index is 2.16. The fourth-order valence-electron chi connectivity index (χ4n) is 1.18. The van der Waals surface area contributed by atoms with Crippen molar-refractivity contribution in [2.24, 2.45) is 0 Å². The quantitative estimate of drug-likeness (QED) is 0.647. The lowest BCUT2D eigenvalue weighted by atomic mass is 10.3. The predicted octanol–water partition coefficient (Wildman–Crippen LogP) is 1.46. The molecule has 1 aliphatic heterocycles. The summed E-state index contributed by atoms with van der Waals surface area (Å²) in [6, 6.07) is 10.8. The van der Waals surface area contributed by atoms with Crippen molar-refractivity contribution in [2.75, 3.05) is 12.3 Å². The highest BCUT2D eigenvalue weighted by molar-refractivity contribution is 8.48. The van der Waals surface area contributed by atoms with Crippen LogP contribution < -0.4 is 4.67 Å². The number of hydrogen-bond acceptors (Lipinski definition) is 1. The SMILES string of the molecule is c1ccc([NH+]2CCSP2)cc1. The van der Waals surface area contributed by atoms with Crippen molar-refractivity contribution in [1.29, 1.82) is 0 Å². The minimum atomic E-state index is 1.01. The molecule has 0 radical (unpaired) electrons. The maximum absolute atomic E-state index is 2.22. The lowest BCUT2D eigenvalue weighted by Crippen LogP contribution is -2.97. The number of para-hydroxylation sites is 1. The summed E-state index contributed by atoms with van der Waals surface area (Å²) in [6.07, 6.45) is 0. The summed E-state index contributed by atoms with van der Waals surface area (Å²) in [6.45, 7) is 1.30. The number of rotatable bonds is 1. The van der Waals surface area contributed by atoms with Gasteiger partial charge in [0.2, 0.25) is 0 Å². The number of hydrogen-bond donors (Lipinski definition) is 1. The Morgan fingerprint density at radius 1 is 1.27 bits per heavy atom. The van der Waals surface area contributed by atoms with Gasteiger partial charge >= 0.3 is 0 Å². The Kier molecular flexibility index (Phi) is 2.47. The molecular weight excluding hydrogens is 173 g/mol. The molecule has 58 valence electrons. The first-order valence-corrected chi connectivity index (χ1v) is 6.47. The van der Waals surface area contributed by atoms with E-state index in [4.69, 9.17) is 0 Å². The monoisotopic (exact) mass is 184 g/mol. The summed E-state index contributed by atoms with van der Waals surface area (Å²) < 4.78 is 1.65. The molecule has 0 spiro atoms. The van der Waals surface area contributed by atoms with Gasteiger partial charge in [-0.15, -0.1) is 0 Å². The molecule has 2 unspecified atom stereocenters. The van der Waals surface area contributed by atoms with Gasteiger partial charge in [0, 0.05) is 0 Å². The van der Waals surface area contributed by atoms with Crippen molar-refractivity contribution in [3.8, 4) is 0 Å². The second kappa shape index (κ2) is 3.57. The van der Waals surface area contributed by atoms with E-state index in [2.05, 4.69) is 41.7 Å². The van der Waals surface area contributed by atoms with Crippen LogP contribution >= 0.6 is 19.3 Å². The van der Waals surface area contributed by atoms with Crippen LogP contribution in [0.5, 0.6) is 0 Å². The molecule has 0 saturated carbocycles. The highest BCUT2D eigenvalue weighted by Gasteiger charge is 2.18. The standard InChI is InChI=1S/C8H10NPS/c1-2-4-8(5-3-1)9-6-7-11-10-9/h1-5,10H,6-7H2/p+1. The minimum absolute atomic E-state index is 1.01. The average Bonchev–Trinajstić information content (AvgIpc) is 2.58.